The highest BCUT2D eigenvalue weighted by molar-refractivity contribution is 5.76. The number of amides is 1. The molecule has 0 saturated heterocycles. The van der Waals surface area contributed by atoms with Gasteiger partial charge in [-0.3, -0.25) is 4.79 Å². The van der Waals surface area contributed by atoms with Crippen LogP contribution in [0.25, 0.3) is 11.5 Å². The molecule has 1 aliphatic rings. The molecule has 1 atom stereocenters. The summed E-state index contributed by atoms with van der Waals surface area (Å²) >= 11 is 0. The van der Waals surface area contributed by atoms with Crippen LogP contribution in [0.5, 0.6) is 0 Å². The van der Waals surface area contributed by atoms with Crippen molar-refractivity contribution in [3.05, 3.63) is 76.0 Å². The van der Waals surface area contributed by atoms with Gasteiger partial charge in [0.05, 0.1) is 6.04 Å². The van der Waals surface area contributed by atoms with Crippen molar-refractivity contribution in [2.45, 2.75) is 32.4 Å². The topological polar surface area (TPSA) is 77.1 Å². The Hall–Kier alpha value is -3.22. The van der Waals surface area contributed by atoms with E-state index < -0.39 is 11.6 Å². The summed E-state index contributed by atoms with van der Waals surface area (Å²) < 4.78 is 19.1. The van der Waals surface area contributed by atoms with Gasteiger partial charge in [-0.15, -0.1) is 5.10 Å². The maximum absolute atomic E-state index is 13.0. The fourth-order valence-corrected chi connectivity index (χ4v) is 3.15. The Balaban J connectivity index is 1.48. The molecule has 0 spiro atoms. The van der Waals surface area contributed by atoms with E-state index in [2.05, 4.69) is 10.4 Å². The molecule has 3 aromatic rings. The van der Waals surface area contributed by atoms with Gasteiger partial charge in [-0.1, -0.05) is 29.8 Å². The number of aromatic nitrogens is 2. The molecule has 1 saturated carbocycles. The number of aryl methyl sites for hydroxylation is 1. The first-order valence-electron chi connectivity index (χ1n) is 9.19. The maximum atomic E-state index is 13.0. The molecule has 1 heterocycles. The standard InChI is InChI=1S/C21H20FN3O3/c1-13-2-4-14(5-3-13)19(15-6-7-15)23-18(26)12-25-21(27)28-20(24-25)16-8-10-17(22)11-9-16/h2-5,8-11,15,19H,6-7,12H2,1H3,(H,23,26). The predicted molar refractivity (Wildman–Crippen MR) is 101 cm³/mol. The lowest BCUT2D eigenvalue weighted by Gasteiger charge is -2.19. The summed E-state index contributed by atoms with van der Waals surface area (Å²) in [6.45, 7) is 1.78. The second-order valence-corrected chi connectivity index (χ2v) is 7.13. The van der Waals surface area contributed by atoms with E-state index in [1.807, 2.05) is 31.2 Å². The minimum absolute atomic E-state index is 0.0510. The van der Waals surface area contributed by atoms with Crippen LogP contribution in [0.2, 0.25) is 0 Å². The van der Waals surface area contributed by atoms with E-state index in [-0.39, 0.29) is 24.4 Å². The van der Waals surface area contributed by atoms with Crippen molar-refractivity contribution in [3.8, 4) is 11.5 Å². The number of nitrogens with one attached hydrogen (secondary N) is 1. The molecule has 28 heavy (non-hydrogen) atoms. The summed E-state index contributed by atoms with van der Waals surface area (Å²) in [5.74, 6) is -0.969. The summed E-state index contributed by atoms with van der Waals surface area (Å²) in [7, 11) is 0. The van der Waals surface area contributed by atoms with Gasteiger partial charge in [0, 0.05) is 5.56 Å². The van der Waals surface area contributed by atoms with Crippen molar-refractivity contribution in [2.75, 3.05) is 0 Å². The minimum Gasteiger partial charge on any atom is -0.388 e. The van der Waals surface area contributed by atoms with Crippen molar-refractivity contribution in [1.82, 2.24) is 15.1 Å². The molecular weight excluding hydrogens is 361 g/mol. The van der Waals surface area contributed by atoms with Gasteiger partial charge in [0.15, 0.2) is 0 Å². The van der Waals surface area contributed by atoms with Crippen LogP contribution in [0.15, 0.2) is 57.7 Å². The van der Waals surface area contributed by atoms with Gasteiger partial charge in [-0.05, 0) is 55.5 Å². The minimum atomic E-state index is -0.729. The summed E-state index contributed by atoms with van der Waals surface area (Å²) in [5.41, 5.74) is 2.68. The molecule has 1 aliphatic carbocycles. The number of hydrogen-bond donors (Lipinski definition) is 1. The molecule has 1 aromatic heterocycles. The van der Waals surface area contributed by atoms with Gasteiger partial charge < -0.3 is 9.73 Å². The van der Waals surface area contributed by atoms with Gasteiger partial charge in [0.1, 0.15) is 12.4 Å². The molecule has 2 aromatic carbocycles. The largest absolute Gasteiger partial charge is 0.437 e. The molecular formula is C21H20FN3O3. The fraction of sp³-hybridized carbons (Fsp3) is 0.286. The summed E-state index contributed by atoms with van der Waals surface area (Å²) in [4.78, 5) is 24.6. The fourth-order valence-electron chi connectivity index (χ4n) is 3.15. The molecule has 0 radical (unpaired) electrons. The van der Waals surface area contributed by atoms with E-state index in [4.69, 9.17) is 4.42 Å². The molecule has 6 nitrogen and oxygen atoms in total. The van der Waals surface area contributed by atoms with Gasteiger partial charge in [0.25, 0.3) is 0 Å². The zero-order valence-electron chi connectivity index (χ0n) is 15.4. The number of hydrogen-bond acceptors (Lipinski definition) is 4. The molecule has 1 amide bonds. The van der Waals surface area contributed by atoms with E-state index in [0.29, 0.717) is 11.5 Å². The summed E-state index contributed by atoms with van der Waals surface area (Å²) in [6.07, 6.45) is 2.13. The summed E-state index contributed by atoms with van der Waals surface area (Å²) in [6, 6.07) is 13.4. The van der Waals surface area contributed by atoms with Crippen LogP contribution in [-0.2, 0) is 11.3 Å². The number of rotatable bonds is 6. The van der Waals surface area contributed by atoms with Crippen molar-refractivity contribution >= 4 is 5.91 Å². The molecule has 1 unspecified atom stereocenters. The third kappa shape index (κ3) is 4.03. The Morgan fingerprint density at radius 3 is 2.54 bits per heavy atom. The molecule has 7 heteroatoms. The zero-order valence-corrected chi connectivity index (χ0v) is 15.4. The maximum Gasteiger partial charge on any atom is 0.437 e. The second kappa shape index (κ2) is 7.42. The number of carbonyl (C=O) groups is 1. The average Bonchev–Trinajstić information content (AvgIpc) is 3.45. The highest BCUT2D eigenvalue weighted by Crippen LogP contribution is 2.41. The van der Waals surface area contributed by atoms with Crippen LogP contribution >= 0.6 is 0 Å². The number of nitrogens with zero attached hydrogens (tertiary/aromatic N) is 2. The zero-order chi connectivity index (χ0) is 19.7. The monoisotopic (exact) mass is 381 g/mol. The van der Waals surface area contributed by atoms with E-state index in [1.54, 1.807) is 0 Å². The number of benzene rings is 2. The Morgan fingerprint density at radius 2 is 1.89 bits per heavy atom. The lowest BCUT2D eigenvalue weighted by atomic mass is 10.0. The van der Waals surface area contributed by atoms with Gasteiger partial charge in [-0.25, -0.2) is 9.18 Å². The van der Waals surface area contributed by atoms with Crippen LogP contribution < -0.4 is 11.1 Å². The van der Waals surface area contributed by atoms with Gasteiger partial charge in [0.2, 0.25) is 11.8 Å². The van der Waals surface area contributed by atoms with Crippen molar-refractivity contribution < 1.29 is 13.6 Å². The highest BCUT2D eigenvalue weighted by atomic mass is 19.1. The molecule has 1 N–H and O–H groups in total. The first-order valence-corrected chi connectivity index (χ1v) is 9.19. The number of carbonyl (C=O) groups excluding carboxylic acids is 1. The molecule has 0 aliphatic heterocycles. The SMILES string of the molecule is Cc1ccc(C(NC(=O)Cn2nc(-c3ccc(F)cc3)oc2=O)C2CC2)cc1. The third-order valence-corrected chi connectivity index (χ3v) is 4.84. The summed E-state index contributed by atoms with van der Waals surface area (Å²) in [5, 5.41) is 7.07. The van der Waals surface area contributed by atoms with Crippen molar-refractivity contribution in [1.29, 1.82) is 0 Å². The third-order valence-electron chi connectivity index (χ3n) is 4.84. The highest BCUT2D eigenvalue weighted by Gasteiger charge is 2.33. The molecule has 144 valence electrons. The van der Waals surface area contributed by atoms with Crippen LogP contribution in [0.4, 0.5) is 4.39 Å². The second-order valence-electron chi connectivity index (χ2n) is 7.13. The van der Waals surface area contributed by atoms with Crippen LogP contribution in [-0.4, -0.2) is 15.7 Å². The Morgan fingerprint density at radius 1 is 1.21 bits per heavy atom. The predicted octanol–water partition coefficient (Wildman–Crippen LogP) is 3.22. The average molecular weight is 381 g/mol. The van der Waals surface area contributed by atoms with E-state index >= 15 is 0 Å². The van der Waals surface area contributed by atoms with Crippen molar-refractivity contribution in [2.24, 2.45) is 5.92 Å². The lowest BCUT2D eigenvalue weighted by molar-refractivity contribution is -0.122. The Bertz CT molecular complexity index is 1030. The van der Waals surface area contributed by atoms with Crippen molar-refractivity contribution in [3.63, 3.8) is 0 Å². The molecule has 4 rings (SSSR count). The van der Waals surface area contributed by atoms with Gasteiger partial charge >= 0.3 is 5.76 Å². The van der Waals surface area contributed by atoms with Crippen LogP contribution in [0.3, 0.4) is 0 Å². The first-order chi connectivity index (χ1) is 13.5. The molecule has 1 fully saturated rings. The van der Waals surface area contributed by atoms with E-state index in [1.165, 1.54) is 24.3 Å². The number of halogens is 1. The first kappa shape index (κ1) is 18.2. The smallest absolute Gasteiger partial charge is 0.388 e. The van der Waals surface area contributed by atoms with Crippen LogP contribution in [0, 0.1) is 18.7 Å². The quantitative estimate of drug-likeness (QED) is 0.711. The van der Waals surface area contributed by atoms with E-state index in [9.17, 15) is 14.0 Å². The lowest BCUT2D eigenvalue weighted by Crippen LogP contribution is -2.35. The Labute approximate surface area is 161 Å². The Kier molecular flexibility index (Phi) is 4.81. The van der Waals surface area contributed by atoms with E-state index in [0.717, 1.165) is 28.7 Å². The normalized spacial score (nSPS) is 14.6. The van der Waals surface area contributed by atoms with Crippen LogP contribution in [0.1, 0.15) is 30.0 Å². The molecule has 0 bridgehead atoms. The van der Waals surface area contributed by atoms with Gasteiger partial charge in [-0.2, -0.15) is 4.68 Å².